The van der Waals surface area contributed by atoms with Gasteiger partial charge in [-0.05, 0) is 67.9 Å². The van der Waals surface area contributed by atoms with Crippen LogP contribution in [0.15, 0.2) is 92.2 Å². The summed E-state index contributed by atoms with van der Waals surface area (Å²) in [4.78, 5) is 45.1. The lowest BCUT2D eigenvalue weighted by Gasteiger charge is -2.33. The molecule has 2 amide bonds. The number of thiazole rings is 1. The Bertz CT molecular complexity index is 2130. The van der Waals surface area contributed by atoms with Gasteiger partial charge in [0.15, 0.2) is 0 Å². The van der Waals surface area contributed by atoms with Crippen LogP contribution in [-0.2, 0) is 14.8 Å². The number of sulfonamides is 1. The number of hydrogen-bond acceptors (Lipinski definition) is 10. The third kappa shape index (κ3) is 6.14. The van der Waals surface area contributed by atoms with Gasteiger partial charge in [0.25, 0.3) is 5.91 Å². The standard InChI is InChI=1S/C32H29N5O7S2/c1-3-43-32(40)35-14-16-36(17-15-35)46(41,42)24-11-9-22(10-12-24)30(39)37(31-34-26-13-8-21(2)18-28(26)45-31)33-19-23-20-44-27-7-5-4-6-25(27)29(23)38/h4-13,18-20H,3,14-17H2,1-2H3/b33-19+. The lowest BCUT2D eigenvalue weighted by Crippen LogP contribution is -2.50. The van der Waals surface area contributed by atoms with E-state index in [2.05, 4.69) is 10.1 Å². The van der Waals surface area contributed by atoms with Crippen molar-refractivity contribution in [3.63, 3.8) is 0 Å². The Kier molecular flexibility index (Phi) is 8.67. The second kappa shape index (κ2) is 12.8. The van der Waals surface area contributed by atoms with Gasteiger partial charge in [-0.25, -0.2) is 18.2 Å². The van der Waals surface area contributed by atoms with Gasteiger partial charge >= 0.3 is 6.09 Å². The number of fused-ring (bicyclic) bond motifs is 2. The van der Waals surface area contributed by atoms with Crippen molar-refractivity contribution in [1.82, 2.24) is 14.2 Å². The van der Waals surface area contributed by atoms with Crippen molar-refractivity contribution in [3.05, 3.63) is 99.9 Å². The van der Waals surface area contributed by atoms with Crippen molar-refractivity contribution in [1.29, 1.82) is 0 Å². The van der Waals surface area contributed by atoms with Crippen LogP contribution in [0.4, 0.5) is 9.93 Å². The molecule has 0 N–H and O–H groups in total. The molecule has 0 aliphatic carbocycles. The lowest BCUT2D eigenvalue weighted by atomic mass is 10.2. The van der Waals surface area contributed by atoms with Crippen LogP contribution in [-0.4, -0.2) is 73.6 Å². The molecule has 0 spiro atoms. The molecule has 0 saturated carbocycles. The molecule has 1 fully saturated rings. The summed E-state index contributed by atoms with van der Waals surface area (Å²) in [6.07, 6.45) is 2.06. The fourth-order valence-electron chi connectivity index (χ4n) is 4.97. The molecule has 1 aliphatic rings. The number of benzene rings is 3. The van der Waals surface area contributed by atoms with Crippen molar-refractivity contribution >= 4 is 65.9 Å². The monoisotopic (exact) mass is 659 g/mol. The van der Waals surface area contributed by atoms with Gasteiger partial charge in [0.1, 0.15) is 11.8 Å². The van der Waals surface area contributed by atoms with E-state index in [0.29, 0.717) is 16.5 Å². The minimum absolute atomic E-state index is 0.00733. The Morgan fingerprint density at radius 2 is 1.80 bits per heavy atom. The number of para-hydroxylation sites is 1. The number of carbonyl (C=O) groups is 2. The quantitative estimate of drug-likeness (QED) is 0.178. The van der Waals surface area contributed by atoms with E-state index >= 15 is 0 Å². The number of aromatic nitrogens is 1. The predicted molar refractivity (Wildman–Crippen MR) is 175 cm³/mol. The van der Waals surface area contributed by atoms with Crippen LogP contribution >= 0.6 is 11.3 Å². The van der Waals surface area contributed by atoms with Gasteiger partial charge in [0.05, 0.1) is 38.9 Å². The number of ether oxygens (including phenoxy) is 1. The van der Waals surface area contributed by atoms with Crippen LogP contribution in [0.5, 0.6) is 0 Å². The van der Waals surface area contributed by atoms with Crippen molar-refractivity contribution in [2.45, 2.75) is 18.7 Å². The molecule has 6 rings (SSSR count). The highest BCUT2D eigenvalue weighted by atomic mass is 32.2. The van der Waals surface area contributed by atoms with Crippen LogP contribution < -0.4 is 10.4 Å². The van der Waals surface area contributed by atoms with E-state index in [0.717, 1.165) is 15.3 Å². The smallest absolute Gasteiger partial charge is 0.409 e. The summed E-state index contributed by atoms with van der Waals surface area (Å²) < 4.78 is 39.5. The Morgan fingerprint density at radius 3 is 2.54 bits per heavy atom. The zero-order valence-electron chi connectivity index (χ0n) is 25.0. The van der Waals surface area contributed by atoms with Gasteiger partial charge < -0.3 is 14.1 Å². The molecule has 1 saturated heterocycles. The topological polar surface area (TPSA) is 143 Å². The molecule has 236 valence electrons. The van der Waals surface area contributed by atoms with Gasteiger partial charge in [-0.15, -0.1) is 0 Å². The molecular formula is C32H29N5O7S2. The zero-order chi connectivity index (χ0) is 32.4. The normalized spacial score (nSPS) is 14.3. The Balaban J connectivity index is 1.28. The number of carbonyl (C=O) groups excluding carboxylic acids is 2. The fourth-order valence-corrected chi connectivity index (χ4v) is 7.41. The Morgan fingerprint density at radius 1 is 1.07 bits per heavy atom. The van der Waals surface area contributed by atoms with E-state index in [1.54, 1.807) is 31.2 Å². The highest BCUT2D eigenvalue weighted by Gasteiger charge is 2.31. The second-order valence-corrected chi connectivity index (χ2v) is 13.4. The molecule has 0 bridgehead atoms. The molecule has 3 heterocycles. The zero-order valence-corrected chi connectivity index (χ0v) is 26.6. The van der Waals surface area contributed by atoms with Crippen molar-refractivity contribution in [2.75, 3.05) is 37.8 Å². The summed E-state index contributed by atoms with van der Waals surface area (Å²) in [5.41, 5.74) is 2.11. The number of hydrogen-bond donors (Lipinski definition) is 0. The highest BCUT2D eigenvalue weighted by molar-refractivity contribution is 7.89. The Hall–Kier alpha value is -4.92. The van der Waals surface area contributed by atoms with Gasteiger partial charge in [-0.3, -0.25) is 9.59 Å². The number of amides is 2. The molecule has 0 unspecified atom stereocenters. The average Bonchev–Trinajstić information content (AvgIpc) is 3.49. The first-order valence-corrected chi connectivity index (χ1v) is 16.7. The first-order valence-electron chi connectivity index (χ1n) is 14.4. The van der Waals surface area contributed by atoms with E-state index in [1.165, 1.54) is 57.3 Å². The second-order valence-electron chi connectivity index (χ2n) is 10.5. The molecule has 46 heavy (non-hydrogen) atoms. The van der Waals surface area contributed by atoms with Gasteiger partial charge in [0, 0.05) is 31.7 Å². The van der Waals surface area contributed by atoms with Crippen LogP contribution in [0.3, 0.4) is 0 Å². The largest absolute Gasteiger partial charge is 0.463 e. The summed E-state index contributed by atoms with van der Waals surface area (Å²) in [5.74, 6) is -0.579. The van der Waals surface area contributed by atoms with Gasteiger partial charge in [-0.1, -0.05) is 29.5 Å². The third-order valence-corrected chi connectivity index (χ3v) is 10.3. The summed E-state index contributed by atoms with van der Waals surface area (Å²) in [5, 5.41) is 6.11. The molecule has 12 nitrogen and oxygen atoms in total. The van der Waals surface area contributed by atoms with Gasteiger partial charge in [-0.2, -0.15) is 14.4 Å². The molecular weight excluding hydrogens is 631 g/mol. The predicted octanol–water partition coefficient (Wildman–Crippen LogP) is 4.85. The lowest BCUT2D eigenvalue weighted by molar-refractivity contribution is 0.0933. The fraction of sp³-hybridized carbons (Fsp3) is 0.219. The summed E-state index contributed by atoms with van der Waals surface area (Å²) in [7, 11) is -3.88. The first-order chi connectivity index (χ1) is 22.2. The van der Waals surface area contributed by atoms with Crippen LogP contribution in [0, 0.1) is 6.92 Å². The van der Waals surface area contributed by atoms with E-state index < -0.39 is 22.0 Å². The summed E-state index contributed by atoms with van der Waals surface area (Å²) in [6, 6.07) is 18.1. The molecule has 1 aliphatic heterocycles. The third-order valence-electron chi connectivity index (χ3n) is 7.43. The minimum atomic E-state index is -3.88. The Labute approximate surface area is 268 Å². The maximum absolute atomic E-state index is 13.9. The van der Waals surface area contributed by atoms with Gasteiger partial charge in [0.2, 0.25) is 20.6 Å². The van der Waals surface area contributed by atoms with E-state index in [1.807, 2.05) is 25.1 Å². The SMILES string of the molecule is CCOC(=O)N1CCN(S(=O)(=O)c2ccc(C(=O)N(/N=C/c3coc4ccccc4c3=O)c3nc4ccc(C)cc4s3)cc2)CC1. The van der Waals surface area contributed by atoms with E-state index in [9.17, 15) is 22.8 Å². The van der Waals surface area contributed by atoms with E-state index in [-0.39, 0.29) is 59.4 Å². The van der Waals surface area contributed by atoms with Crippen LogP contribution in [0.2, 0.25) is 0 Å². The number of hydrazone groups is 1. The highest BCUT2D eigenvalue weighted by Crippen LogP contribution is 2.31. The minimum Gasteiger partial charge on any atom is -0.463 e. The number of anilines is 1. The molecule has 3 aromatic carbocycles. The van der Waals surface area contributed by atoms with Crippen molar-refractivity contribution in [2.24, 2.45) is 5.10 Å². The number of aryl methyl sites for hydroxylation is 1. The summed E-state index contributed by atoms with van der Waals surface area (Å²) in [6.45, 7) is 4.55. The van der Waals surface area contributed by atoms with Crippen molar-refractivity contribution in [3.8, 4) is 0 Å². The molecule has 0 atom stereocenters. The number of piperazine rings is 1. The van der Waals surface area contributed by atoms with Crippen LogP contribution in [0.1, 0.15) is 28.4 Å². The van der Waals surface area contributed by atoms with Crippen LogP contribution in [0.25, 0.3) is 21.2 Å². The number of nitrogens with zero attached hydrogens (tertiary/aromatic N) is 5. The van der Waals surface area contributed by atoms with Crippen molar-refractivity contribution < 1.29 is 27.2 Å². The molecule has 14 heteroatoms. The average molecular weight is 660 g/mol. The molecule has 0 radical (unpaired) electrons. The number of rotatable bonds is 7. The van der Waals surface area contributed by atoms with E-state index in [4.69, 9.17) is 9.15 Å². The maximum Gasteiger partial charge on any atom is 0.409 e. The summed E-state index contributed by atoms with van der Waals surface area (Å²) >= 11 is 1.25. The molecule has 2 aromatic heterocycles. The maximum atomic E-state index is 13.9. The first kappa shape index (κ1) is 31.1. The molecule has 5 aromatic rings.